The third-order valence-corrected chi connectivity index (χ3v) is 4.85. The van der Waals surface area contributed by atoms with Crippen LogP contribution in [0.1, 0.15) is 65.2 Å². The zero-order chi connectivity index (χ0) is 15.6. The van der Waals surface area contributed by atoms with Crippen LogP contribution in [0.25, 0.3) is 0 Å². The first-order chi connectivity index (χ1) is 10.8. The summed E-state index contributed by atoms with van der Waals surface area (Å²) in [7, 11) is 0. The SMILES string of the molecule is CCCCC(CCCOc1ccccc1)C1=CCC(C)CC1. The van der Waals surface area contributed by atoms with E-state index in [0.29, 0.717) is 0 Å². The summed E-state index contributed by atoms with van der Waals surface area (Å²) in [6.07, 6.45) is 13.0. The van der Waals surface area contributed by atoms with Crippen LogP contribution < -0.4 is 4.74 Å². The van der Waals surface area contributed by atoms with Crippen molar-refractivity contribution in [3.8, 4) is 5.75 Å². The zero-order valence-corrected chi connectivity index (χ0v) is 14.4. The minimum atomic E-state index is 0.798. The second-order valence-corrected chi connectivity index (χ2v) is 6.80. The molecule has 0 amide bonds. The van der Waals surface area contributed by atoms with Crippen LogP contribution in [0.15, 0.2) is 42.0 Å². The lowest BCUT2D eigenvalue weighted by Crippen LogP contribution is -2.12. The molecule has 0 saturated carbocycles. The predicted molar refractivity (Wildman–Crippen MR) is 95.3 cm³/mol. The van der Waals surface area contributed by atoms with Gasteiger partial charge in [0, 0.05) is 0 Å². The van der Waals surface area contributed by atoms with Crippen molar-refractivity contribution >= 4 is 0 Å². The molecule has 0 heterocycles. The molecule has 1 nitrogen and oxygen atoms in total. The van der Waals surface area contributed by atoms with Crippen molar-refractivity contribution in [1.29, 1.82) is 0 Å². The molecule has 0 aromatic heterocycles. The molecule has 1 aromatic rings. The summed E-state index contributed by atoms with van der Waals surface area (Å²) in [5.41, 5.74) is 1.74. The molecule has 0 fully saturated rings. The lowest BCUT2D eigenvalue weighted by molar-refractivity contribution is 0.292. The summed E-state index contributed by atoms with van der Waals surface area (Å²) in [5, 5.41) is 0. The molecule has 0 aliphatic heterocycles. The van der Waals surface area contributed by atoms with E-state index in [1.807, 2.05) is 30.3 Å². The maximum Gasteiger partial charge on any atom is 0.119 e. The summed E-state index contributed by atoms with van der Waals surface area (Å²) in [6, 6.07) is 10.2. The molecule has 0 N–H and O–H groups in total. The van der Waals surface area contributed by atoms with E-state index in [-0.39, 0.29) is 0 Å². The molecule has 1 aliphatic carbocycles. The first kappa shape index (κ1) is 17.1. The summed E-state index contributed by atoms with van der Waals surface area (Å²) < 4.78 is 5.85. The van der Waals surface area contributed by atoms with Gasteiger partial charge >= 0.3 is 0 Å². The molecule has 1 aliphatic rings. The molecular weight excluding hydrogens is 268 g/mol. The molecule has 0 spiro atoms. The maximum atomic E-state index is 5.85. The van der Waals surface area contributed by atoms with E-state index in [1.165, 1.54) is 44.9 Å². The Hall–Kier alpha value is -1.24. The van der Waals surface area contributed by atoms with E-state index in [1.54, 1.807) is 5.57 Å². The first-order valence-electron chi connectivity index (χ1n) is 9.16. The highest BCUT2D eigenvalue weighted by Gasteiger charge is 2.18. The number of para-hydroxylation sites is 1. The third-order valence-electron chi connectivity index (χ3n) is 4.85. The summed E-state index contributed by atoms with van der Waals surface area (Å²) in [4.78, 5) is 0. The highest BCUT2D eigenvalue weighted by atomic mass is 16.5. The number of ether oxygens (including phenoxy) is 1. The minimum absolute atomic E-state index is 0.798. The fourth-order valence-electron chi connectivity index (χ4n) is 3.36. The summed E-state index contributed by atoms with van der Waals surface area (Å²) in [5.74, 6) is 2.68. The molecule has 122 valence electrons. The van der Waals surface area contributed by atoms with Crippen molar-refractivity contribution in [3.63, 3.8) is 0 Å². The summed E-state index contributed by atoms with van der Waals surface area (Å²) in [6.45, 7) is 5.52. The number of benzene rings is 1. The Labute approximate surface area is 136 Å². The second kappa shape index (κ2) is 9.71. The second-order valence-electron chi connectivity index (χ2n) is 6.80. The topological polar surface area (TPSA) is 9.23 Å². The smallest absolute Gasteiger partial charge is 0.119 e. The Morgan fingerprint density at radius 3 is 2.59 bits per heavy atom. The maximum absolute atomic E-state index is 5.85. The van der Waals surface area contributed by atoms with Crippen LogP contribution in [-0.2, 0) is 0 Å². The lowest BCUT2D eigenvalue weighted by Gasteiger charge is -2.26. The van der Waals surface area contributed by atoms with E-state index in [4.69, 9.17) is 4.74 Å². The van der Waals surface area contributed by atoms with Gasteiger partial charge in [-0.3, -0.25) is 0 Å². The fourth-order valence-corrected chi connectivity index (χ4v) is 3.36. The highest BCUT2D eigenvalue weighted by molar-refractivity contribution is 5.20. The van der Waals surface area contributed by atoms with Gasteiger partial charge < -0.3 is 4.74 Å². The van der Waals surface area contributed by atoms with E-state index < -0.39 is 0 Å². The molecule has 0 radical (unpaired) electrons. The standard InChI is InChI=1S/C21H32O/c1-3-4-9-19(20-15-13-18(2)14-16-20)10-8-17-22-21-11-6-5-7-12-21/h5-7,11-12,15,18-19H,3-4,8-10,13-14,16-17H2,1-2H3. The molecule has 0 saturated heterocycles. The normalized spacial score (nSPS) is 19.5. The highest BCUT2D eigenvalue weighted by Crippen LogP contribution is 2.33. The van der Waals surface area contributed by atoms with Crippen LogP contribution in [0.3, 0.4) is 0 Å². The van der Waals surface area contributed by atoms with Crippen molar-refractivity contribution < 1.29 is 4.74 Å². The first-order valence-corrected chi connectivity index (χ1v) is 9.16. The average molecular weight is 300 g/mol. The quantitative estimate of drug-likeness (QED) is 0.379. The Morgan fingerprint density at radius 2 is 1.91 bits per heavy atom. The van der Waals surface area contributed by atoms with Crippen molar-refractivity contribution in [2.24, 2.45) is 11.8 Å². The van der Waals surface area contributed by atoms with Gasteiger partial charge in [-0.05, 0) is 62.5 Å². The summed E-state index contributed by atoms with van der Waals surface area (Å²) >= 11 is 0. The van der Waals surface area contributed by atoms with Crippen LogP contribution in [0.2, 0.25) is 0 Å². The number of unbranched alkanes of at least 4 members (excludes halogenated alkanes) is 1. The monoisotopic (exact) mass is 300 g/mol. The Morgan fingerprint density at radius 1 is 1.14 bits per heavy atom. The Balaban J connectivity index is 1.77. The van der Waals surface area contributed by atoms with Crippen molar-refractivity contribution in [2.45, 2.75) is 65.2 Å². The Bertz CT molecular complexity index is 434. The van der Waals surface area contributed by atoms with Crippen LogP contribution in [0.4, 0.5) is 0 Å². The van der Waals surface area contributed by atoms with Crippen LogP contribution >= 0.6 is 0 Å². The lowest BCUT2D eigenvalue weighted by atomic mass is 9.80. The van der Waals surface area contributed by atoms with Gasteiger partial charge in [-0.15, -0.1) is 0 Å². The van der Waals surface area contributed by atoms with Gasteiger partial charge in [-0.2, -0.15) is 0 Å². The van der Waals surface area contributed by atoms with Gasteiger partial charge in [-0.1, -0.05) is 56.5 Å². The number of allylic oxidation sites excluding steroid dienone is 2. The molecular formula is C21H32O. The minimum Gasteiger partial charge on any atom is -0.494 e. The van der Waals surface area contributed by atoms with E-state index in [0.717, 1.165) is 30.6 Å². The van der Waals surface area contributed by atoms with Crippen molar-refractivity contribution in [1.82, 2.24) is 0 Å². The van der Waals surface area contributed by atoms with Crippen molar-refractivity contribution in [3.05, 3.63) is 42.0 Å². The molecule has 2 unspecified atom stereocenters. The molecule has 1 heteroatoms. The Kier molecular flexibility index (Phi) is 7.56. The van der Waals surface area contributed by atoms with Crippen LogP contribution in [-0.4, -0.2) is 6.61 Å². The van der Waals surface area contributed by atoms with Crippen LogP contribution in [0.5, 0.6) is 5.75 Å². The van der Waals surface area contributed by atoms with Gasteiger partial charge in [0.25, 0.3) is 0 Å². The van der Waals surface area contributed by atoms with Crippen LogP contribution in [0, 0.1) is 11.8 Å². The molecule has 0 bridgehead atoms. The number of hydrogen-bond donors (Lipinski definition) is 0. The van der Waals surface area contributed by atoms with Gasteiger partial charge in [0.1, 0.15) is 5.75 Å². The molecule has 2 rings (SSSR count). The van der Waals surface area contributed by atoms with Gasteiger partial charge in [0.05, 0.1) is 6.61 Å². The fraction of sp³-hybridized carbons (Fsp3) is 0.619. The molecule has 1 aromatic carbocycles. The largest absolute Gasteiger partial charge is 0.494 e. The molecule has 2 atom stereocenters. The van der Waals surface area contributed by atoms with Gasteiger partial charge in [-0.25, -0.2) is 0 Å². The van der Waals surface area contributed by atoms with Gasteiger partial charge in [0.2, 0.25) is 0 Å². The molecule has 22 heavy (non-hydrogen) atoms. The average Bonchev–Trinajstić information content (AvgIpc) is 2.56. The number of rotatable bonds is 9. The van der Waals surface area contributed by atoms with Crippen molar-refractivity contribution in [2.75, 3.05) is 6.61 Å². The van der Waals surface area contributed by atoms with E-state index >= 15 is 0 Å². The van der Waals surface area contributed by atoms with E-state index in [2.05, 4.69) is 19.9 Å². The number of hydrogen-bond acceptors (Lipinski definition) is 1. The predicted octanol–water partition coefficient (Wildman–Crippen LogP) is 6.40. The van der Waals surface area contributed by atoms with Gasteiger partial charge in [0.15, 0.2) is 0 Å². The zero-order valence-electron chi connectivity index (χ0n) is 14.4. The van der Waals surface area contributed by atoms with E-state index in [9.17, 15) is 0 Å². The third kappa shape index (κ3) is 5.87.